The number of aryl methyl sites for hydroxylation is 2. The highest BCUT2D eigenvalue weighted by Crippen LogP contribution is 2.30. The van der Waals surface area contributed by atoms with Crippen LogP contribution in [-0.2, 0) is 11.8 Å². The summed E-state index contributed by atoms with van der Waals surface area (Å²) in [6.45, 7) is 6.15. The van der Waals surface area contributed by atoms with Gasteiger partial charge in [-0.2, -0.15) is 15.3 Å². The summed E-state index contributed by atoms with van der Waals surface area (Å²) >= 11 is 0. The van der Waals surface area contributed by atoms with Gasteiger partial charge in [-0.25, -0.2) is 14.0 Å². The third kappa shape index (κ3) is 2.79. The summed E-state index contributed by atoms with van der Waals surface area (Å²) in [6.07, 6.45) is 6.90. The first-order valence-electron chi connectivity index (χ1n) is 8.69. The molecule has 4 aromatic heterocycles. The zero-order chi connectivity index (χ0) is 19.1. The van der Waals surface area contributed by atoms with Crippen molar-refractivity contribution in [2.24, 2.45) is 7.05 Å². The number of rotatable bonds is 4. The van der Waals surface area contributed by atoms with Crippen LogP contribution in [0.1, 0.15) is 28.7 Å². The maximum absolute atomic E-state index is 11.9. The second kappa shape index (κ2) is 6.39. The van der Waals surface area contributed by atoms with Gasteiger partial charge in [0.15, 0.2) is 0 Å². The Morgan fingerprint density at radius 2 is 2.04 bits per heavy atom. The number of esters is 1. The van der Waals surface area contributed by atoms with Crippen LogP contribution in [-0.4, -0.2) is 41.8 Å². The van der Waals surface area contributed by atoms with E-state index in [2.05, 4.69) is 15.3 Å². The summed E-state index contributed by atoms with van der Waals surface area (Å²) in [5, 5.41) is 13.3. The van der Waals surface area contributed by atoms with Crippen LogP contribution in [0.2, 0.25) is 0 Å². The molecule has 0 aliphatic heterocycles. The van der Waals surface area contributed by atoms with Crippen LogP contribution in [0.4, 0.5) is 0 Å². The van der Waals surface area contributed by atoms with Crippen LogP contribution >= 0.6 is 0 Å². The molecule has 0 amide bonds. The van der Waals surface area contributed by atoms with Crippen molar-refractivity contribution in [3.05, 3.63) is 53.9 Å². The fraction of sp³-hybridized carbons (Fsp3) is 0.263. The van der Waals surface area contributed by atoms with E-state index >= 15 is 0 Å². The van der Waals surface area contributed by atoms with Crippen LogP contribution < -0.4 is 0 Å². The number of carbonyl (C=O) groups is 1. The van der Waals surface area contributed by atoms with Gasteiger partial charge in [-0.15, -0.1) is 0 Å². The van der Waals surface area contributed by atoms with E-state index in [1.165, 1.54) is 6.20 Å². The Hall–Kier alpha value is -3.42. The third-order valence-corrected chi connectivity index (χ3v) is 4.64. The Labute approximate surface area is 156 Å². The molecular weight excluding hydrogens is 344 g/mol. The van der Waals surface area contributed by atoms with Gasteiger partial charge < -0.3 is 4.74 Å². The van der Waals surface area contributed by atoms with Gasteiger partial charge >= 0.3 is 5.97 Å². The predicted octanol–water partition coefficient (Wildman–Crippen LogP) is 2.71. The van der Waals surface area contributed by atoms with Crippen LogP contribution in [0.25, 0.3) is 22.3 Å². The van der Waals surface area contributed by atoms with Crippen LogP contribution in [0.15, 0.2) is 36.9 Å². The van der Waals surface area contributed by atoms with Crippen molar-refractivity contribution in [2.75, 3.05) is 6.61 Å². The third-order valence-electron chi connectivity index (χ3n) is 4.64. The average Bonchev–Trinajstić information content (AvgIpc) is 3.34. The molecule has 0 saturated heterocycles. The summed E-state index contributed by atoms with van der Waals surface area (Å²) in [4.78, 5) is 11.9. The van der Waals surface area contributed by atoms with Crippen LogP contribution in [0.3, 0.4) is 0 Å². The van der Waals surface area contributed by atoms with E-state index in [1.54, 1.807) is 17.8 Å². The molecule has 0 bridgehead atoms. The normalized spacial score (nSPS) is 11.3. The smallest absolute Gasteiger partial charge is 0.341 e. The van der Waals surface area contributed by atoms with E-state index in [0.29, 0.717) is 12.2 Å². The Balaban J connectivity index is 1.80. The maximum Gasteiger partial charge on any atom is 0.341 e. The molecule has 0 fully saturated rings. The fourth-order valence-corrected chi connectivity index (χ4v) is 3.25. The van der Waals surface area contributed by atoms with Crippen LogP contribution in [0.5, 0.6) is 0 Å². The number of aromatic nitrogens is 6. The minimum absolute atomic E-state index is 0.332. The number of hydrogen-bond acceptors (Lipinski definition) is 5. The van der Waals surface area contributed by atoms with Gasteiger partial charge in [0.05, 0.1) is 41.5 Å². The Bertz CT molecular complexity index is 1150. The van der Waals surface area contributed by atoms with Gasteiger partial charge in [0, 0.05) is 36.3 Å². The molecule has 0 aliphatic carbocycles. The molecule has 0 spiro atoms. The molecule has 0 aliphatic rings. The van der Waals surface area contributed by atoms with E-state index < -0.39 is 0 Å². The van der Waals surface area contributed by atoms with E-state index in [-0.39, 0.29) is 5.97 Å². The van der Waals surface area contributed by atoms with Crippen molar-refractivity contribution in [2.45, 2.75) is 20.8 Å². The van der Waals surface area contributed by atoms with Gasteiger partial charge in [0.25, 0.3) is 0 Å². The summed E-state index contributed by atoms with van der Waals surface area (Å²) in [6, 6.07) is 3.89. The number of nitrogens with zero attached hydrogens (tertiary/aromatic N) is 6. The summed E-state index contributed by atoms with van der Waals surface area (Å²) < 4.78 is 10.4. The molecule has 8 nitrogen and oxygen atoms in total. The Morgan fingerprint density at radius 1 is 1.22 bits per heavy atom. The summed E-state index contributed by atoms with van der Waals surface area (Å²) in [5.74, 6) is -0.378. The van der Waals surface area contributed by atoms with Crippen molar-refractivity contribution in [1.82, 2.24) is 29.2 Å². The lowest BCUT2D eigenvalue weighted by Crippen LogP contribution is -2.03. The first-order chi connectivity index (χ1) is 13.0. The molecular formula is C19H20N6O2. The second-order valence-electron chi connectivity index (χ2n) is 6.34. The molecule has 138 valence electrons. The molecule has 27 heavy (non-hydrogen) atoms. The number of ether oxygens (including phenoxy) is 1. The highest BCUT2D eigenvalue weighted by Gasteiger charge is 2.17. The monoisotopic (exact) mass is 364 g/mol. The summed E-state index contributed by atoms with van der Waals surface area (Å²) in [5.41, 5.74) is 6.33. The lowest BCUT2D eigenvalue weighted by Gasteiger charge is -2.04. The lowest BCUT2D eigenvalue weighted by atomic mass is 10.1. The number of fused-ring (bicyclic) bond motifs is 1. The first-order valence-corrected chi connectivity index (χ1v) is 8.69. The first kappa shape index (κ1) is 17.0. The van der Waals surface area contributed by atoms with E-state index in [9.17, 15) is 4.79 Å². The van der Waals surface area contributed by atoms with Crippen LogP contribution in [0, 0.1) is 13.8 Å². The number of hydrogen-bond donors (Lipinski definition) is 0. The van der Waals surface area contributed by atoms with Gasteiger partial charge in [-0.1, -0.05) is 0 Å². The van der Waals surface area contributed by atoms with Gasteiger partial charge in [-0.05, 0) is 32.9 Å². The quantitative estimate of drug-likeness (QED) is 0.520. The molecule has 0 N–H and O–H groups in total. The zero-order valence-corrected chi connectivity index (χ0v) is 15.7. The second-order valence-corrected chi connectivity index (χ2v) is 6.34. The average molecular weight is 364 g/mol. The SMILES string of the molecule is CCOC(=O)c1cnn(-c2ccn3ncc(-c4c(C)nn(C)c4C)c3c2)c1. The molecule has 0 atom stereocenters. The largest absolute Gasteiger partial charge is 0.462 e. The number of pyridine rings is 1. The van der Waals surface area contributed by atoms with Crippen molar-refractivity contribution in [3.63, 3.8) is 0 Å². The Morgan fingerprint density at radius 3 is 2.74 bits per heavy atom. The van der Waals surface area contributed by atoms with Gasteiger partial charge in [-0.3, -0.25) is 4.68 Å². The van der Waals surface area contributed by atoms with E-state index in [4.69, 9.17) is 4.74 Å². The van der Waals surface area contributed by atoms with Crippen molar-refractivity contribution >= 4 is 11.5 Å². The van der Waals surface area contributed by atoms with Crippen molar-refractivity contribution in [3.8, 4) is 16.8 Å². The minimum Gasteiger partial charge on any atom is -0.462 e. The zero-order valence-electron chi connectivity index (χ0n) is 15.7. The van der Waals surface area contributed by atoms with Crippen molar-refractivity contribution in [1.29, 1.82) is 0 Å². The van der Waals surface area contributed by atoms with E-state index in [1.807, 2.05) is 54.6 Å². The highest BCUT2D eigenvalue weighted by molar-refractivity contribution is 5.89. The predicted molar refractivity (Wildman–Crippen MR) is 99.9 cm³/mol. The molecule has 0 saturated carbocycles. The standard InChI is InChI=1S/C19H20N6O2/c1-5-27-19(26)14-9-20-25(11-14)15-6-7-24-17(8-15)16(10-21-24)18-12(2)22-23(4)13(18)3/h6-11H,5H2,1-4H3. The number of carbonyl (C=O) groups excluding carboxylic acids is 1. The molecule has 0 unspecified atom stereocenters. The molecule has 4 heterocycles. The topological polar surface area (TPSA) is 79.2 Å². The maximum atomic E-state index is 11.9. The van der Waals surface area contributed by atoms with Gasteiger partial charge in [0.1, 0.15) is 0 Å². The molecule has 8 heteroatoms. The van der Waals surface area contributed by atoms with E-state index in [0.717, 1.165) is 33.7 Å². The highest BCUT2D eigenvalue weighted by atomic mass is 16.5. The molecule has 4 rings (SSSR count). The van der Waals surface area contributed by atoms with Gasteiger partial charge in [0.2, 0.25) is 0 Å². The summed E-state index contributed by atoms with van der Waals surface area (Å²) in [7, 11) is 1.93. The Kier molecular flexibility index (Phi) is 4.02. The molecule has 0 radical (unpaired) electrons. The van der Waals surface area contributed by atoms with Crippen molar-refractivity contribution < 1.29 is 9.53 Å². The molecule has 0 aromatic carbocycles. The minimum atomic E-state index is -0.378. The molecule has 4 aromatic rings. The lowest BCUT2D eigenvalue weighted by molar-refractivity contribution is 0.0526. The fourth-order valence-electron chi connectivity index (χ4n) is 3.25.